The van der Waals surface area contributed by atoms with Crippen LogP contribution in [0.25, 0.3) is 0 Å². The molecule has 1 fully saturated rings. The molecule has 17 heavy (non-hydrogen) atoms. The standard InChI is InChI=1S/C9H13FN4O.C2H6/c1-5-12-4-8(14(5)11-2)9(15)13-7-3-6(7)10;1-2/h4-7,12H,2-3H2,1H3,(H,13,15);1-2H3. The van der Waals surface area contributed by atoms with Gasteiger partial charge in [0.15, 0.2) is 0 Å². The number of nitrogens with zero attached hydrogens (tertiary/aromatic N) is 2. The predicted molar refractivity (Wildman–Crippen MR) is 64.9 cm³/mol. The second kappa shape index (κ2) is 5.65. The van der Waals surface area contributed by atoms with Crippen LogP contribution in [0, 0.1) is 0 Å². The van der Waals surface area contributed by atoms with Gasteiger partial charge in [0.1, 0.15) is 18.0 Å². The van der Waals surface area contributed by atoms with Crippen LogP contribution in [0.2, 0.25) is 0 Å². The first-order valence-corrected chi connectivity index (χ1v) is 5.80. The van der Waals surface area contributed by atoms with Crippen molar-refractivity contribution in [3.05, 3.63) is 11.9 Å². The molecule has 1 saturated carbocycles. The van der Waals surface area contributed by atoms with Crippen LogP contribution in [0.1, 0.15) is 27.2 Å². The molecular weight excluding hydrogens is 223 g/mol. The fourth-order valence-electron chi connectivity index (χ4n) is 1.47. The van der Waals surface area contributed by atoms with Crippen LogP contribution in [0.4, 0.5) is 4.39 Å². The van der Waals surface area contributed by atoms with Crippen molar-refractivity contribution in [1.29, 1.82) is 0 Å². The van der Waals surface area contributed by atoms with Crippen molar-refractivity contribution in [3.8, 4) is 0 Å². The third-order valence-corrected chi connectivity index (χ3v) is 2.49. The summed E-state index contributed by atoms with van der Waals surface area (Å²) in [5, 5.41) is 10.7. The van der Waals surface area contributed by atoms with E-state index >= 15 is 0 Å². The zero-order valence-corrected chi connectivity index (χ0v) is 10.4. The highest BCUT2D eigenvalue weighted by atomic mass is 19.1. The molecule has 0 radical (unpaired) electrons. The first kappa shape index (κ1) is 13.5. The number of hydrogen-bond donors (Lipinski definition) is 2. The molecule has 1 aliphatic heterocycles. The maximum atomic E-state index is 12.6. The molecule has 1 aliphatic carbocycles. The average Bonchev–Trinajstić information content (AvgIpc) is 2.88. The number of nitrogens with one attached hydrogen (secondary N) is 2. The summed E-state index contributed by atoms with van der Waals surface area (Å²) in [6, 6.07) is -0.332. The van der Waals surface area contributed by atoms with Gasteiger partial charge in [-0.3, -0.25) is 4.79 Å². The molecule has 0 aromatic carbocycles. The predicted octanol–water partition coefficient (Wildman–Crippen LogP) is 0.947. The Morgan fingerprint density at radius 3 is 2.76 bits per heavy atom. The molecule has 0 spiro atoms. The van der Waals surface area contributed by atoms with Crippen LogP contribution >= 0.6 is 0 Å². The number of hydrazone groups is 1. The minimum absolute atomic E-state index is 0.0939. The van der Waals surface area contributed by atoms with Crippen LogP contribution in [0.15, 0.2) is 17.0 Å². The van der Waals surface area contributed by atoms with E-state index in [4.69, 9.17) is 0 Å². The molecule has 6 heteroatoms. The average molecular weight is 242 g/mol. The summed E-state index contributed by atoms with van der Waals surface area (Å²) in [7, 11) is 0. The van der Waals surface area contributed by atoms with Gasteiger partial charge in [-0.1, -0.05) is 13.8 Å². The fourth-order valence-corrected chi connectivity index (χ4v) is 1.47. The van der Waals surface area contributed by atoms with Crippen LogP contribution < -0.4 is 10.6 Å². The van der Waals surface area contributed by atoms with Gasteiger partial charge in [-0.2, -0.15) is 5.10 Å². The third-order valence-electron chi connectivity index (χ3n) is 2.49. The molecular formula is C11H19FN4O. The van der Waals surface area contributed by atoms with Gasteiger partial charge >= 0.3 is 0 Å². The smallest absolute Gasteiger partial charge is 0.271 e. The van der Waals surface area contributed by atoms with Crippen molar-refractivity contribution in [3.63, 3.8) is 0 Å². The van der Waals surface area contributed by atoms with Gasteiger partial charge in [0.05, 0.1) is 6.04 Å². The molecule has 1 heterocycles. The third kappa shape index (κ3) is 2.95. The lowest BCUT2D eigenvalue weighted by Crippen LogP contribution is -2.36. The Morgan fingerprint density at radius 1 is 1.71 bits per heavy atom. The first-order chi connectivity index (χ1) is 8.13. The minimum Gasteiger partial charge on any atom is -0.368 e. The normalized spacial score (nSPS) is 29.5. The Labute approximate surface area is 101 Å². The van der Waals surface area contributed by atoms with E-state index in [2.05, 4.69) is 22.5 Å². The van der Waals surface area contributed by atoms with Crippen LogP contribution in [0.5, 0.6) is 0 Å². The summed E-state index contributed by atoms with van der Waals surface area (Å²) < 4.78 is 12.6. The van der Waals surface area contributed by atoms with Crippen molar-refractivity contribution in [1.82, 2.24) is 15.6 Å². The molecule has 2 aliphatic rings. The second-order valence-corrected chi connectivity index (χ2v) is 3.69. The summed E-state index contributed by atoms with van der Waals surface area (Å²) in [5.74, 6) is -0.315. The minimum atomic E-state index is -0.897. The van der Waals surface area contributed by atoms with Gasteiger partial charge < -0.3 is 10.6 Å². The van der Waals surface area contributed by atoms with Crippen molar-refractivity contribution in [2.45, 2.75) is 45.6 Å². The summed E-state index contributed by atoms with van der Waals surface area (Å²) >= 11 is 0. The summed E-state index contributed by atoms with van der Waals surface area (Å²) in [6.45, 7) is 9.22. The molecule has 2 rings (SSSR count). The second-order valence-electron chi connectivity index (χ2n) is 3.69. The van der Waals surface area contributed by atoms with E-state index in [-0.39, 0.29) is 18.1 Å². The molecule has 0 aromatic heterocycles. The molecule has 3 unspecified atom stereocenters. The van der Waals surface area contributed by atoms with Crippen molar-refractivity contribution in [2.75, 3.05) is 0 Å². The van der Waals surface area contributed by atoms with Crippen LogP contribution in [-0.4, -0.2) is 36.0 Å². The number of hydrogen-bond acceptors (Lipinski definition) is 4. The number of rotatable bonds is 3. The fraction of sp³-hybridized carbons (Fsp3) is 0.636. The molecule has 0 aromatic rings. The van der Waals surface area contributed by atoms with E-state index in [1.165, 1.54) is 5.01 Å². The van der Waals surface area contributed by atoms with Gasteiger partial charge in [0.2, 0.25) is 0 Å². The van der Waals surface area contributed by atoms with E-state index in [9.17, 15) is 9.18 Å². The van der Waals surface area contributed by atoms with Crippen LogP contribution in [-0.2, 0) is 4.79 Å². The molecule has 5 nitrogen and oxygen atoms in total. The highest BCUT2D eigenvalue weighted by molar-refractivity contribution is 5.93. The summed E-state index contributed by atoms with van der Waals surface area (Å²) in [6.07, 6.45) is 0.975. The van der Waals surface area contributed by atoms with E-state index in [1.807, 2.05) is 20.8 Å². The van der Waals surface area contributed by atoms with Crippen LogP contribution in [0.3, 0.4) is 0 Å². The van der Waals surface area contributed by atoms with Gasteiger partial charge in [-0.05, 0) is 6.92 Å². The molecule has 3 atom stereocenters. The Kier molecular flexibility index (Phi) is 4.48. The monoisotopic (exact) mass is 242 g/mol. The molecule has 0 saturated heterocycles. The zero-order chi connectivity index (χ0) is 13.0. The number of carbonyl (C=O) groups is 1. The van der Waals surface area contributed by atoms with E-state index in [0.717, 1.165) is 0 Å². The summed E-state index contributed by atoms with van der Waals surface area (Å²) in [5.41, 5.74) is 0.372. The van der Waals surface area contributed by atoms with Crippen molar-refractivity contribution in [2.24, 2.45) is 5.10 Å². The Bertz CT molecular complexity index is 331. The molecule has 1 amide bonds. The maximum absolute atomic E-state index is 12.6. The Hall–Kier alpha value is -1.59. The van der Waals surface area contributed by atoms with E-state index in [0.29, 0.717) is 12.1 Å². The maximum Gasteiger partial charge on any atom is 0.271 e. The van der Waals surface area contributed by atoms with Gasteiger partial charge in [-0.25, -0.2) is 9.40 Å². The van der Waals surface area contributed by atoms with Crippen molar-refractivity contribution >= 4 is 12.6 Å². The lowest BCUT2D eigenvalue weighted by atomic mass is 10.4. The molecule has 96 valence electrons. The van der Waals surface area contributed by atoms with Crippen molar-refractivity contribution < 1.29 is 9.18 Å². The summed E-state index contributed by atoms with van der Waals surface area (Å²) in [4.78, 5) is 11.6. The van der Waals surface area contributed by atoms with E-state index < -0.39 is 6.17 Å². The largest absolute Gasteiger partial charge is 0.368 e. The molecule has 2 N–H and O–H groups in total. The Morgan fingerprint density at radius 2 is 2.29 bits per heavy atom. The lowest BCUT2D eigenvalue weighted by Gasteiger charge is -2.19. The number of carbonyl (C=O) groups excluding carboxylic acids is 1. The lowest BCUT2D eigenvalue weighted by molar-refractivity contribution is -0.119. The zero-order valence-electron chi connectivity index (χ0n) is 10.4. The quantitative estimate of drug-likeness (QED) is 0.724. The topological polar surface area (TPSA) is 56.7 Å². The SMILES string of the molecule is C=NN1C(C(=O)NC2CC2F)=CNC1C.CC. The number of alkyl halides is 1. The number of amides is 1. The van der Waals surface area contributed by atoms with Gasteiger partial charge in [-0.15, -0.1) is 0 Å². The number of halogens is 1. The van der Waals surface area contributed by atoms with Gasteiger partial charge in [0, 0.05) is 19.3 Å². The van der Waals surface area contributed by atoms with E-state index in [1.54, 1.807) is 6.20 Å². The molecule has 0 bridgehead atoms. The highest BCUT2D eigenvalue weighted by Gasteiger charge is 2.40. The highest BCUT2D eigenvalue weighted by Crippen LogP contribution is 2.26. The Balaban J connectivity index is 0.000000686. The van der Waals surface area contributed by atoms with Gasteiger partial charge in [0.25, 0.3) is 5.91 Å². The first-order valence-electron chi connectivity index (χ1n) is 5.80.